The summed E-state index contributed by atoms with van der Waals surface area (Å²) in [5, 5.41) is 14.1. The molecule has 0 spiro atoms. The fourth-order valence-corrected chi connectivity index (χ4v) is 2.82. The number of nitro groups is 1. The van der Waals surface area contributed by atoms with Gasteiger partial charge in [-0.1, -0.05) is 0 Å². The second kappa shape index (κ2) is 7.71. The van der Waals surface area contributed by atoms with E-state index in [1.807, 2.05) is 0 Å². The van der Waals surface area contributed by atoms with Crippen LogP contribution in [-0.4, -0.2) is 47.3 Å². The second-order valence-electron chi connectivity index (χ2n) is 6.16. The molecule has 142 valence electrons. The minimum absolute atomic E-state index is 0.00391. The Labute approximate surface area is 147 Å². The molecular weight excluding hydrogens is 355 g/mol. The number of nitrogens with zero attached hydrogens (tertiary/aromatic N) is 2. The van der Waals surface area contributed by atoms with Crippen molar-refractivity contribution >= 4 is 23.1 Å². The van der Waals surface area contributed by atoms with E-state index >= 15 is 0 Å². The highest BCUT2D eigenvalue weighted by Crippen LogP contribution is 2.28. The van der Waals surface area contributed by atoms with E-state index in [4.69, 9.17) is 0 Å². The molecule has 1 heterocycles. The Morgan fingerprint density at radius 1 is 1.31 bits per heavy atom. The number of piperidine rings is 1. The number of Topliss-reactive ketones (excluding diaryl/α,β-unsaturated/α-hetero) is 1. The van der Waals surface area contributed by atoms with E-state index in [9.17, 15) is 32.9 Å². The van der Waals surface area contributed by atoms with E-state index in [1.165, 1.54) is 25.1 Å². The van der Waals surface area contributed by atoms with Crippen LogP contribution < -0.4 is 5.32 Å². The third-order valence-electron chi connectivity index (χ3n) is 4.33. The van der Waals surface area contributed by atoms with Gasteiger partial charge >= 0.3 is 12.1 Å². The van der Waals surface area contributed by atoms with Crippen molar-refractivity contribution in [2.45, 2.75) is 25.9 Å². The molecule has 0 atom stereocenters. The number of likely N-dealkylation sites (tertiary alicyclic amines) is 1. The van der Waals surface area contributed by atoms with Gasteiger partial charge in [-0.25, -0.2) is 0 Å². The molecule has 1 amide bonds. The number of hydrogen-bond donors (Lipinski definition) is 1. The molecule has 1 fully saturated rings. The monoisotopic (exact) mass is 373 g/mol. The molecule has 0 unspecified atom stereocenters. The van der Waals surface area contributed by atoms with Crippen LogP contribution in [0.1, 0.15) is 30.1 Å². The van der Waals surface area contributed by atoms with Gasteiger partial charge in [0.05, 0.1) is 4.92 Å². The van der Waals surface area contributed by atoms with Gasteiger partial charge in [-0.3, -0.25) is 19.7 Å². The number of nitrogens with one attached hydrogen (secondary N) is 1. The first-order valence-electron chi connectivity index (χ1n) is 7.99. The zero-order valence-electron chi connectivity index (χ0n) is 14.0. The third-order valence-corrected chi connectivity index (χ3v) is 4.33. The zero-order valence-corrected chi connectivity index (χ0v) is 14.0. The number of benzene rings is 1. The molecular formula is C16H18F3N3O4. The van der Waals surface area contributed by atoms with Gasteiger partial charge < -0.3 is 10.2 Å². The van der Waals surface area contributed by atoms with Crippen molar-refractivity contribution in [2.24, 2.45) is 5.92 Å². The van der Waals surface area contributed by atoms with Gasteiger partial charge in [-0.2, -0.15) is 13.2 Å². The summed E-state index contributed by atoms with van der Waals surface area (Å²) in [6.07, 6.45) is -4.13. The molecule has 1 saturated heterocycles. The summed E-state index contributed by atoms with van der Waals surface area (Å²) in [6, 6.07) is 4.11. The van der Waals surface area contributed by atoms with Crippen LogP contribution in [0.2, 0.25) is 0 Å². The van der Waals surface area contributed by atoms with Crippen molar-refractivity contribution in [1.82, 2.24) is 4.90 Å². The molecule has 1 aromatic carbocycles. The average Bonchev–Trinajstić information content (AvgIpc) is 2.58. The normalized spacial score (nSPS) is 15.6. The third kappa shape index (κ3) is 4.70. The highest BCUT2D eigenvalue weighted by Gasteiger charge is 2.43. The lowest BCUT2D eigenvalue weighted by atomic mass is 9.96. The van der Waals surface area contributed by atoms with Crippen LogP contribution in [0.15, 0.2) is 18.2 Å². The summed E-state index contributed by atoms with van der Waals surface area (Å²) in [7, 11) is 0. The molecule has 1 aliphatic rings. The smallest absolute Gasteiger partial charge is 0.379 e. The second-order valence-corrected chi connectivity index (χ2v) is 6.16. The minimum atomic E-state index is -4.87. The summed E-state index contributed by atoms with van der Waals surface area (Å²) in [5.41, 5.74) is 0.234. The summed E-state index contributed by atoms with van der Waals surface area (Å²) >= 11 is 0. The topological polar surface area (TPSA) is 92.6 Å². The van der Waals surface area contributed by atoms with Crippen LogP contribution in [0.5, 0.6) is 0 Å². The molecule has 1 aromatic rings. The Kier molecular flexibility index (Phi) is 5.83. The lowest BCUT2D eigenvalue weighted by Crippen LogP contribution is -2.46. The Hall–Kier alpha value is -2.65. The molecule has 0 bridgehead atoms. The van der Waals surface area contributed by atoms with Gasteiger partial charge in [0.1, 0.15) is 5.69 Å². The number of amides is 1. The van der Waals surface area contributed by atoms with Crippen molar-refractivity contribution in [3.8, 4) is 0 Å². The molecule has 2 rings (SSSR count). The van der Waals surface area contributed by atoms with Crippen molar-refractivity contribution in [1.29, 1.82) is 0 Å². The number of alkyl halides is 3. The van der Waals surface area contributed by atoms with Gasteiger partial charge in [0.25, 0.3) is 5.69 Å². The van der Waals surface area contributed by atoms with Crippen LogP contribution in [0, 0.1) is 16.0 Å². The van der Waals surface area contributed by atoms with Crippen molar-refractivity contribution in [3.05, 3.63) is 33.9 Å². The molecule has 1 aliphatic heterocycles. The molecule has 7 nitrogen and oxygen atoms in total. The van der Waals surface area contributed by atoms with Crippen LogP contribution in [0.4, 0.5) is 24.5 Å². The first-order valence-corrected chi connectivity index (χ1v) is 7.99. The van der Waals surface area contributed by atoms with Crippen LogP contribution in [0.25, 0.3) is 0 Å². The number of ketones is 1. The lowest BCUT2D eigenvalue weighted by molar-refractivity contribution is -0.384. The number of nitro benzene ring substituents is 1. The average molecular weight is 373 g/mol. The van der Waals surface area contributed by atoms with E-state index in [-0.39, 0.29) is 41.7 Å². The molecule has 10 heteroatoms. The first-order chi connectivity index (χ1) is 12.1. The summed E-state index contributed by atoms with van der Waals surface area (Å²) < 4.78 is 37.3. The van der Waals surface area contributed by atoms with E-state index in [2.05, 4.69) is 5.32 Å². The van der Waals surface area contributed by atoms with E-state index in [0.717, 1.165) is 4.90 Å². The summed E-state index contributed by atoms with van der Waals surface area (Å²) in [5.74, 6) is -2.14. The molecule has 0 aromatic heterocycles. The number of hydrogen-bond acceptors (Lipinski definition) is 5. The molecule has 1 N–H and O–H groups in total. The Morgan fingerprint density at radius 3 is 2.42 bits per heavy atom. The summed E-state index contributed by atoms with van der Waals surface area (Å²) in [4.78, 5) is 33.9. The molecule has 0 aliphatic carbocycles. The predicted octanol–water partition coefficient (Wildman–Crippen LogP) is 3.01. The van der Waals surface area contributed by atoms with Gasteiger partial charge in [-0.05, 0) is 37.8 Å². The predicted molar refractivity (Wildman–Crippen MR) is 86.9 cm³/mol. The standard InChI is InChI=1S/C16H18F3N3O4/c1-10(23)12-2-3-13(14(8-12)22(25)26)20-9-11-4-6-21(7-5-11)15(24)16(17,18)19/h2-3,8,11,20H,4-7,9H2,1H3. The molecule has 26 heavy (non-hydrogen) atoms. The van der Waals surface area contributed by atoms with Gasteiger partial charge in [0.2, 0.25) is 0 Å². The number of carbonyl (C=O) groups excluding carboxylic acids is 2. The van der Waals surface area contributed by atoms with Crippen LogP contribution in [0.3, 0.4) is 0 Å². The fraction of sp³-hybridized carbons (Fsp3) is 0.500. The SMILES string of the molecule is CC(=O)c1ccc(NCC2CCN(C(=O)C(F)(F)F)CC2)c([N+](=O)[O-])c1. The largest absolute Gasteiger partial charge is 0.471 e. The quantitative estimate of drug-likeness (QED) is 0.487. The fourth-order valence-electron chi connectivity index (χ4n) is 2.82. The van der Waals surface area contributed by atoms with Crippen LogP contribution >= 0.6 is 0 Å². The van der Waals surface area contributed by atoms with E-state index in [1.54, 1.807) is 0 Å². The maximum atomic E-state index is 12.4. The van der Waals surface area contributed by atoms with Crippen LogP contribution in [-0.2, 0) is 4.79 Å². The van der Waals surface area contributed by atoms with Gasteiger partial charge in [0.15, 0.2) is 5.78 Å². The van der Waals surface area contributed by atoms with Gasteiger partial charge in [0, 0.05) is 31.3 Å². The number of rotatable bonds is 5. The van der Waals surface area contributed by atoms with Crippen molar-refractivity contribution in [2.75, 3.05) is 25.0 Å². The number of halogens is 3. The Bertz CT molecular complexity index is 713. The Morgan fingerprint density at radius 2 is 1.92 bits per heavy atom. The maximum absolute atomic E-state index is 12.4. The Balaban J connectivity index is 1.95. The lowest BCUT2D eigenvalue weighted by Gasteiger charge is -2.32. The number of carbonyl (C=O) groups is 2. The first kappa shape index (κ1) is 19.7. The molecule has 0 radical (unpaired) electrons. The van der Waals surface area contributed by atoms with Crippen molar-refractivity contribution in [3.63, 3.8) is 0 Å². The highest BCUT2D eigenvalue weighted by molar-refractivity contribution is 5.95. The minimum Gasteiger partial charge on any atom is -0.379 e. The zero-order chi connectivity index (χ0) is 19.5. The molecule has 0 saturated carbocycles. The van der Waals surface area contributed by atoms with E-state index < -0.39 is 17.0 Å². The van der Waals surface area contributed by atoms with E-state index in [0.29, 0.717) is 19.4 Å². The van der Waals surface area contributed by atoms with Crippen molar-refractivity contribution < 1.29 is 27.7 Å². The van der Waals surface area contributed by atoms with Gasteiger partial charge in [-0.15, -0.1) is 0 Å². The summed E-state index contributed by atoms with van der Waals surface area (Å²) in [6.45, 7) is 1.63. The number of anilines is 1. The maximum Gasteiger partial charge on any atom is 0.471 e. The highest BCUT2D eigenvalue weighted by atomic mass is 19.4.